The first-order chi connectivity index (χ1) is 11.1. The van der Waals surface area contributed by atoms with E-state index in [2.05, 4.69) is 20.3 Å². The summed E-state index contributed by atoms with van der Waals surface area (Å²) in [5, 5.41) is 14.5. The third kappa shape index (κ3) is 3.18. The molecule has 0 bridgehead atoms. The summed E-state index contributed by atoms with van der Waals surface area (Å²) in [5.41, 5.74) is 0.228. The van der Waals surface area contributed by atoms with Gasteiger partial charge in [0.05, 0.1) is 28.5 Å². The van der Waals surface area contributed by atoms with Gasteiger partial charge in [-0.3, -0.25) is 14.9 Å². The lowest BCUT2D eigenvalue weighted by atomic mass is 10.2. The van der Waals surface area contributed by atoms with Crippen molar-refractivity contribution in [1.29, 1.82) is 0 Å². The van der Waals surface area contributed by atoms with Crippen LogP contribution in [0.25, 0.3) is 10.9 Å². The molecule has 0 aliphatic carbocycles. The predicted octanol–water partition coefficient (Wildman–Crippen LogP) is 1.53. The minimum Gasteiger partial charge on any atom is -0.379 e. The lowest BCUT2D eigenvalue weighted by Gasteiger charge is -2.08. The zero-order valence-corrected chi connectivity index (χ0v) is 12.1. The van der Waals surface area contributed by atoms with E-state index in [9.17, 15) is 14.9 Å². The van der Waals surface area contributed by atoms with Gasteiger partial charge in [0.25, 0.3) is 11.2 Å². The van der Waals surface area contributed by atoms with Crippen molar-refractivity contribution in [3.8, 4) is 0 Å². The molecular weight excluding hydrogens is 300 g/mol. The molecule has 0 amide bonds. The highest BCUT2D eigenvalue weighted by molar-refractivity contribution is 5.86. The average Bonchev–Trinajstić information content (AvgIpc) is 3.04. The van der Waals surface area contributed by atoms with Gasteiger partial charge in [-0.15, -0.1) is 0 Å². The summed E-state index contributed by atoms with van der Waals surface area (Å²) in [6, 6.07) is 2.78. The Morgan fingerprint density at radius 3 is 3.00 bits per heavy atom. The fourth-order valence-corrected chi connectivity index (χ4v) is 2.30. The first-order valence-corrected chi connectivity index (χ1v) is 7.00. The van der Waals surface area contributed by atoms with Crippen LogP contribution in [0.2, 0.25) is 0 Å². The zero-order chi connectivity index (χ0) is 16.2. The number of hydrogen-bond acceptors (Lipinski definition) is 6. The minimum atomic E-state index is -0.510. The molecule has 0 radical (unpaired) electrons. The fourth-order valence-electron chi connectivity index (χ4n) is 2.30. The maximum absolute atomic E-state index is 11.7. The summed E-state index contributed by atoms with van der Waals surface area (Å²) in [6.07, 6.45) is 7.32. The van der Waals surface area contributed by atoms with E-state index < -0.39 is 10.5 Å². The normalized spacial score (nSPS) is 10.8. The molecule has 118 valence electrons. The summed E-state index contributed by atoms with van der Waals surface area (Å²) in [4.78, 5) is 32.8. The second kappa shape index (κ2) is 6.26. The first-order valence-electron chi connectivity index (χ1n) is 7.00. The van der Waals surface area contributed by atoms with Gasteiger partial charge in [0.1, 0.15) is 5.69 Å². The van der Waals surface area contributed by atoms with Crippen molar-refractivity contribution in [1.82, 2.24) is 19.5 Å². The highest BCUT2D eigenvalue weighted by Gasteiger charge is 2.16. The van der Waals surface area contributed by atoms with Gasteiger partial charge >= 0.3 is 0 Å². The number of rotatable bonds is 6. The largest absolute Gasteiger partial charge is 0.379 e. The van der Waals surface area contributed by atoms with Crippen molar-refractivity contribution >= 4 is 22.3 Å². The van der Waals surface area contributed by atoms with Crippen LogP contribution in [0.1, 0.15) is 6.42 Å². The van der Waals surface area contributed by atoms with Gasteiger partial charge in [-0.2, -0.15) is 0 Å². The molecule has 2 aromatic heterocycles. The Balaban J connectivity index is 1.79. The Morgan fingerprint density at radius 2 is 2.26 bits per heavy atom. The van der Waals surface area contributed by atoms with Crippen molar-refractivity contribution in [2.45, 2.75) is 13.0 Å². The van der Waals surface area contributed by atoms with Gasteiger partial charge in [-0.25, -0.2) is 9.97 Å². The van der Waals surface area contributed by atoms with Gasteiger partial charge in [-0.1, -0.05) is 0 Å². The molecule has 2 heterocycles. The topological polar surface area (TPSA) is 119 Å². The minimum absolute atomic E-state index is 0.140. The van der Waals surface area contributed by atoms with Crippen LogP contribution in [0.5, 0.6) is 0 Å². The molecule has 2 N–H and O–H groups in total. The number of hydrogen-bond donors (Lipinski definition) is 2. The van der Waals surface area contributed by atoms with E-state index in [-0.39, 0.29) is 11.1 Å². The van der Waals surface area contributed by atoms with Crippen LogP contribution in [0.4, 0.5) is 11.4 Å². The van der Waals surface area contributed by atoms with E-state index in [1.54, 1.807) is 12.5 Å². The molecule has 0 fully saturated rings. The molecule has 9 heteroatoms. The van der Waals surface area contributed by atoms with E-state index in [1.807, 2.05) is 10.8 Å². The average molecular weight is 314 g/mol. The molecule has 1 aromatic carbocycles. The second-order valence-electron chi connectivity index (χ2n) is 4.96. The number of H-pyrrole nitrogens is 1. The number of aromatic amines is 1. The second-order valence-corrected chi connectivity index (χ2v) is 4.96. The van der Waals surface area contributed by atoms with Gasteiger partial charge < -0.3 is 14.9 Å². The Morgan fingerprint density at radius 1 is 1.39 bits per heavy atom. The number of aryl methyl sites for hydroxylation is 1. The van der Waals surface area contributed by atoms with Crippen LogP contribution >= 0.6 is 0 Å². The molecule has 0 aliphatic rings. The number of nitrogens with zero attached hydrogens (tertiary/aromatic N) is 4. The van der Waals surface area contributed by atoms with E-state index >= 15 is 0 Å². The van der Waals surface area contributed by atoms with Gasteiger partial charge in [0, 0.05) is 31.5 Å². The quantitative estimate of drug-likeness (QED) is 0.404. The summed E-state index contributed by atoms with van der Waals surface area (Å²) >= 11 is 0. The SMILES string of the molecule is O=c1[nH]cnc2cc(NCCCn3ccnc3)c([N+](=O)[O-])cc12. The molecule has 0 unspecified atom stereocenters. The molecular formula is C14H14N6O3. The van der Waals surface area contributed by atoms with Gasteiger partial charge in [-0.05, 0) is 12.5 Å². The maximum Gasteiger partial charge on any atom is 0.293 e. The Labute approximate surface area is 130 Å². The smallest absolute Gasteiger partial charge is 0.293 e. The summed E-state index contributed by atoms with van der Waals surface area (Å²) < 4.78 is 1.93. The zero-order valence-electron chi connectivity index (χ0n) is 12.1. The van der Waals surface area contributed by atoms with Crippen molar-refractivity contribution < 1.29 is 4.92 Å². The molecule has 3 rings (SSSR count). The molecule has 0 aliphatic heterocycles. The number of fused-ring (bicyclic) bond motifs is 1. The van der Waals surface area contributed by atoms with Crippen LogP contribution < -0.4 is 10.9 Å². The monoisotopic (exact) mass is 314 g/mol. The van der Waals surface area contributed by atoms with Crippen molar-refractivity contribution in [2.75, 3.05) is 11.9 Å². The highest BCUT2D eigenvalue weighted by Crippen LogP contribution is 2.27. The van der Waals surface area contributed by atoms with E-state index in [1.165, 1.54) is 18.5 Å². The van der Waals surface area contributed by atoms with Crippen LogP contribution in [0.15, 0.2) is 42.0 Å². The number of aromatic nitrogens is 4. The van der Waals surface area contributed by atoms with Crippen molar-refractivity contribution in [3.63, 3.8) is 0 Å². The summed E-state index contributed by atoms with van der Waals surface area (Å²) in [7, 11) is 0. The van der Waals surface area contributed by atoms with E-state index in [0.717, 1.165) is 13.0 Å². The van der Waals surface area contributed by atoms with Crippen LogP contribution in [-0.2, 0) is 6.54 Å². The van der Waals surface area contributed by atoms with Gasteiger partial charge in [0.15, 0.2) is 0 Å². The molecule has 23 heavy (non-hydrogen) atoms. The molecule has 0 saturated carbocycles. The Kier molecular flexibility index (Phi) is 4.00. The summed E-state index contributed by atoms with van der Waals surface area (Å²) in [6.45, 7) is 1.31. The molecule has 9 nitrogen and oxygen atoms in total. The number of nitro groups is 1. The lowest BCUT2D eigenvalue weighted by Crippen LogP contribution is -2.10. The predicted molar refractivity (Wildman–Crippen MR) is 84.4 cm³/mol. The number of nitrogens with one attached hydrogen (secondary N) is 2. The third-order valence-corrected chi connectivity index (χ3v) is 3.42. The van der Waals surface area contributed by atoms with Crippen LogP contribution in [-0.4, -0.2) is 31.0 Å². The lowest BCUT2D eigenvalue weighted by molar-refractivity contribution is -0.383. The van der Waals surface area contributed by atoms with Crippen LogP contribution in [0, 0.1) is 10.1 Å². The highest BCUT2D eigenvalue weighted by atomic mass is 16.6. The molecule has 0 saturated heterocycles. The Hall–Kier alpha value is -3.23. The van der Waals surface area contributed by atoms with E-state index in [0.29, 0.717) is 17.7 Å². The van der Waals surface area contributed by atoms with Gasteiger partial charge in [0.2, 0.25) is 0 Å². The number of benzene rings is 1. The van der Waals surface area contributed by atoms with Crippen molar-refractivity contribution in [2.24, 2.45) is 0 Å². The molecule has 3 aromatic rings. The van der Waals surface area contributed by atoms with E-state index in [4.69, 9.17) is 0 Å². The third-order valence-electron chi connectivity index (χ3n) is 3.42. The number of imidazole rings is 1. The molecule has 0 spiro atoms. The van der Waals surface area contributed by atoms with Crippen LogP contribution in [0.3, 0.4) is 0 Å². The number of anilines is 1. The maximum atomic E-state index is 11.7. The standard InChI is InChI=1S/C14H14N6O3/c21-14-10-6-13(20(22)23)12(7-11(10)17-8-18-14)16-2-1-4-19-5-3-15-9-19/h3,5-9,16H,1-2,4H2,(H,17,18,21). The molecule has 0 atom stereocenters. The van der Waals surface area contributed by atoms with Crippen molar-refractivity contribution in [3.05, 3.63) is 57.6 Å². The first kappa shape index (κ1) is 14.7. The summed E-state index contributed by atoms with van der Waals surface area (Å²) in [5.74, 6) is 0. The fraction of sp³-hybridized carbons (Fsp3) is 0.214. The Bertz CT molecular complexity index is 887. The number of nitro benzene ring substituents is 1.